The number of carbonyl (C=O) groups is 1. The van der Waals surface area contributed by atoms with Crippen LogP contribution in [-0.2, 0) is 19.0 Å². The number of carbonyl (C=O) groups excluding carboxylic acids is 1. The standard InChI is InChI=1S/C21H37N3O4/c25-19(16-23-8-4-18(5-9-23)20-27-14-15-28-20)22-17-21(6-2-1-3-7-21)24-10-12-26-13-11-24/h18,20H,1-17H2,(H,22,25). The van der Waals surface area contributed by atoms with Crippen molar-refractivity contribution in [3.63, 3.8) is 0 Å². The van der Waals surface area contributed by atoms with Crippen molar-refractivity contribution >= 4 is 5.91 Å². The zero-order valence-electron chi connectivity index (χ0n) is 17.2. The van der Waals surface area contributed by atoms with E-state index in [1.165, 1.54) is 32.1 Å². The minimum atomic E-state index is -0.0179. The molecular formula is C21H37N3O4. The van der Waals surface area contributed by atoms with Crippen molar-refractivity contribution in [2.45, 2.75) is 56.8 Å². The van der Waals surface area contributed by atoms with E-state index in [1.54, 1.807) is 0 Å². The Kier molecular flexibility index (Phi) is 7.22. The lowest BCUT2D eigenvalue weighted by atomic mass is 9.79. The lowest BCUT2D eigenvalue weighted by molar-refractivity contribution is -0.125. The number of nitrogens with zero attached hydrogens (tertiary/aromatic N) is 2. The summed E-state index contributed by atoms with van der Waals surface area (Å²) in [7, 11) is 0. The van der Waals surface area contributed by atoms with Crippen molar-refractivity contribution in [3.05, 3.63) is 0 Å². The molecule has 3 saturated heterocycles. The molecule has 0 atom stereocenters. The maximum absolute atomic E-state index is 12.7. The Morgan fingerprint density at radius 1 is 0.929 bits per heavy atom. The summed E-state index contributed by atoms with van der Waals surface area (Å²) in [4.78, 5) is 17.5. The number of hydrogen-bond donors (Lipinski definition) is 1. The molecular weight excluding hydrogens is 358 g/mol. The van der Waals surface area contributed by atoms with Gasteiger partial charge in [-0.2, -0.15) is 0 Å². The van der Waals surface area contributed by atoms with Crippen LogP contribution in [0.4, 0.5) is 0 Å². The number of ether oxygens (including phenoxy) is 3. The summed E-state index contributed by atoms with van der Waals surface area (Å²) >= 11 is 0. The molecule has 4 rings (SSSR count). The van der Waals surface area contributed by atoms with Gasteiger partial charge in [0.25, 0.3) is 0 Å². The van der Waals surface area contributed by atoms with Crippen LogP contribution in [0.1, 0.15) is 44.9 Å². The summed E-state index contributed by atoms with van der Waals surface area (Å²) in [6.45, 7) is 8.27. The number of likely N-dealkylation sites (tertiary alicyclic amines) is 1. The highest BCUT2D eigenvalue weighted by Gasteiger charge is 2.39. The second-order valence-electron chi connectivity index (χ2n) is 8.88. The predicted octanol–water partition coefficient (Wildman–Crippen LogP) is 1.22. The van der Waals surface area contributed by atoms with Gasteiger partial charge in [-0.25, -0.2) is 0 Å². The second-order valence-corrected chi connectivity index (χ2v) is 8.88. The average Bonchev–Trinajstić information content (AvgIpc) is 3.29. The fourth-order valence-electron chi connectivity index (χ4n) is 5.41. The van der Waals surface area contributed by atoms with Gasteiger partial charge in [-0.15, -0.1) is 0 Å². The molecule has 0 unspecified atom stereocenters. The van der Waals surface area contributed by atoms with Gasteiger partial charge >= 0.3 is 0 Å². The first kappa shape index (κ1) is 20.5. The Hall–Kier alpha value is -0.730. The zero-order chi connectivity index (χ0) is 19.2. The number of amides is 1. The van der Waals surface area contributed by atoms with E-state index >= 15 is 0 Å². The van der Waals surface area contributed by atoms with E-state index in [0.717, 1.165) is 72.0 Å². The van der Waals surface area contributed by atoms with Crippen molar-refractivity contribution < 1.29 is 19.0 Å². The summed E-state index contributed by atoms with van der Waals surface area (Å²) in [6, 6.07) is 0. The van der Waals surface area contributed by atoms with Gasteiger partial charge in [0, 0.05) is 31.1 Å². The van der Waals surface area contributed by atoms with Crippen molar-refractivity contribution in [2.75, 3.05) is 65.7 Å². The van der Waals surface area contributed by atoms with Crippen LogP contribution < -0.4 is 5.32 Å². The van der Waals surface area contributed by atoms with Gasteiger partial charge in [0.1, 0.15) is 0 Å². The smallest absolute Gasteiger partial charge is 0.234 e. The fourth-order valence-corrected chi connectivity index (χ4v) is 5.41. The van der Waals surface area contributed by atoms with E-state index in [-0.39, 0.29) is 17.7 Å². The molecule has 160 valence electrons. The molecule has 0 aromatic rings. The summed E-state index contributed by atoms with van der Waals surface area (Å²) < 4.78 is 16.9. The van der Waals surface area contributed by atoms with Crippen LogP contribution in [0.25, 0.3) is 0 Å². The summed E-state index contributed by atoms with van der Waals surface area (Å²) in [5, 5.41) is 3.29. The Labute approximate surface area is 169 Å². The highest BCUT2D eigenvalue weighted by atomic mass is 16.7. The molecule has 1 N–H and O–H groups in total. The SMILES string of the molecule is O=C(CN1CCC(C2OCCO2)CC1)NCC1(N2CCOCC2)CCCCC1. The van der Waals surface area contributed by atoms with Gasteiger partial charge < -0.3 is 19.5 Å². The molecule has 1 amide bonds. The molecule has 0 spiro atoms. The number of morpholine rings is 1. The topological polar surface area (TPSA) is 63.3 Å². The molecule has 0 aromatic heterocycles. The first-order valence-corrected chi connectivity index (χ1v) is 11.3. The van der Waals surface area contributed by atoms with E-state index in [2.05, 4.69) is 15.1 Å². The largest absolute Gasteiger partial charge is 0.379 e. The lowest BCUT2D eigenvalue weighted by Gasteiger charge is -2.48. The minimum Gasteiger partial charge on any atom is -0.379 e. The molecule has 4 fully saturated rings. The van der Waals surface area contributed by atoms with E-state index in [0.29, 0.717) is 12.5 Å². The van der Waals surface area contributed by atoms with E-state index < -0.39 is 0 Å². The summed E-state index contributed by atoms with van der Waals surface area (Å²) in [5.41, 5.74) is 0.141. The van der Waals surface area contributed by atoms with Crippen molar-refractivity contribution in [3.8, 4) is 0 Å². The molecule has 28 heavy (non-hydrogen) atoms. The molecule has 0 radical (unpaired) electrons. The molecule has 0 bridgehead atoms. The van der Waals surface area contributed by atoms with Crippen LogP contribution in [0.3, 0.4) is 0 Å². The first-order valence-electron chi connectivity index (χ1n) is 11.3. The number of nitrogens with one attached hydrogen (secondary N) is 1. The normalized spacial score (nSPS) is 28.4. The van der Waals surface area contributed by atoms with Gasteiger partial charge in [-0.05, 0) is 38.8 Å². The van der Waals surface area contributed by atoms with Gasteiger partial charge in [0.05, 0.1) is 33.0 Å². The lowest BCUT2D eigenvalue weighted by Crippen LogP contribution is -2.60. The Morgan fingerprint density at radius 2 is 1.61 bits per heavy atom. The van der Waals surface area contributed by atoms with E-state index in [1.807, 2.05) is 0 Å². The molecule has 4 aliphatic rings. The molecule has 1 saturated carbocycles. The molecule has 3 heterocycles. The monoisotopic (exact) mass is 395 g/mol. The average molecular weight is 396 g/mol. The quantitative estimate of drug-likeness (QED) is 0.730. The van der Waals surface area contributed by atoms with E-state index in [9.17, 15) is 4.79 Å². The number of hydrogen-bond acceptors (Lipinski definition) is 6. The predicted molar refractivity (Wildman–Crippen MR) is 106 cm³/mol. The maximum atomic E-state index is 12.7. The molecule has 3 aliphatic heterocycles. The van der Waals surface area contributed by atoms with Crippen molar-refractivity contribution in [1.82, 2.24) is 15.1 Å². The summed E-state index contributed by atoms with van der Waals surface area (Å²) in [5.74, 6) is 0.652. The third-order valence-electron chi connectivity index (χ3n) is 7.11. The molecule has 1 aliphatic carbocycles. The van der Waals surface area contributed by atoms with Crippen LogP contribution in [0.5, 0.6) is 0 Å². The van der Waals surface area contributed by atoms with Crippen LogP contribution in [0.2, 0.25) is 0 Å². The highest BCUT2D eigenvalue weighted by molar-refractivity contribution is 5.78. The Balaban J connectivity index is 1.22. The minimum absolute atomic E-state index is 0.0179. The number of rotatable bonds is 6. The van der Waals surface area contributed by atoms with Gasteiger partial charge in [-0.1, -0.05) is 19.3 Å². The fraction of sp³-hybridized carbons (Fsp3) is 0.952. The highest BCUT2D eigenvalue weighted by Crippen LogP contribution is 2.34. The van der Waals surface area contributed by atoms with Gasteiger partial charge in [0.2, 0.25) is 5.91 Å². The summed E-state index contributed by atoms with van der Waals surface area (Å²) in [6.07, 6.45) is 8.34. The zero-order valence-corrected chi connectivity index (χ0v) is 17.2. The number of piperidine rings is 1. The molecule has 7 heteroatoms. The Morgan fingerprint density at radius 3 is 2.29 bits per heavy atom. The molecule has 0 aromatic carbocycles. The first-order chi connectivity index (χ1) is 13.8. The van der Waals surface area contributed by atoms with Crippen molar-refractivity contribution in [2.24, 2.45) is 5.92 Å². The third-order valence-corrected chi connectivity index (χ3v) is 7.11. The maximum Gasteiger partial charge on any atom is 0.234 e. The second kappa shape index (κ2) is 9.85. The van der Waals surface area contributed by atoms with Crippen molar-refractivity contribution in [1.29, 1.82) is 0 Å². The Bertz CT molecular complexity index is 492. The van der Waals surface area contributed by atoms with Crippen LogP contribution >= 0.6 is 0 Å². The van der Waals surface area contributed by atoms with E-state index in [4.69, 9.17) is 14.2 Å². The third kappa shape index (κ3) is 5.05. The van der Waals surface area contributed by atoms with Crippen LogP contribution in [-0.4, -0.2) is 93.2 Å². The van der Waals surface area contributed by atoms with Gasteiger partial charge in [0.15, 0.2) is 6.29 Å². The molecule has 7 nitrogen and oxygen atoms in total. The van der Waals surface area contributed by atoms with Crippen LogP contribution in [0.15, 0.2) is 0 Å². The van der Waals surface area contributed by atoms with Gasteiger partial charge in [-0.3, -0.25) is 14.6 Å². The van der Waals surface area contributed by atoms with Crippen LogP contribution in [0, 0.1) is 5.92 Å².